The first-order chi connectivity index (χ1) is 18.4. The van der Waals surface area contributed by atoms with Gasteiger partial charge in [-0.25, -0.2) is 9.37 Å². The minimum atomic E-state index is -0.757. The number of aromatic nitrogens is 1. The number of carbonyl (C=O) groups is 1. The average Bonchev–Trinajstić information content (AvgIpc) is 3.28. The van der Waals surface area contributed by atoms with Gasteiger partial charge in [-0.15, -0.1) is 23.4 Å². The number of fused-ring (bicyclic) bond motifs is 1. The molecule has 2 aliphatic rings. The van der Waals surface area contributed by atoms with Crippen molar-refractivity contribution in [2.45, 2.75) is 59.8 Å². The van der Waals surface area contributed by atoms with Crippen molar-refractivity contribution in [3.8, 4) is 16.9 Å². The molecule has 5 rings (SSSR count). The van der Waals surface area contributed by atoms with Gasteiger partial charge in [-0.05, 0) is 74.2 Å². The van der Waals surface area contributed by atoms with Crippen LogP contribution < -0.4 is 10.1 Å². The number of hydrogen-bond acceptors (Lipinski definition) is 5. The van der Waals surface area contributed by atoms with E-state index in [1.54, 1.807) is 19.2 Å². The summed E-state index contributed by atoms with van der Waals surface area (Å²) in [5, 5.41) is 1.96. The van der Waals surface area contributed by atoms with Crippen molar-refractivity contribution in [3.63, 3.8) is 0 Å². The number of amides is 1. The van der Waals surface area contributed by atoms with E-state index in [1.165, 1.54) is 30.1 Å². The molecule has 9 heteroatoms. The summed E-state index contributed by atoms with van der Waals surface area (Å²) in [7, 11) is 3.56. The molecule has 0 radical (unpaired) electrons. The van der Waals surface area contributed by atoms with Gasteiger partial charge in [0.2, 0.25) is 11.9 Å². The maximum absolute atomic E-state index is 14.6. The Morgan fingerprint density at radius 1 is 1.13 bits per heavy atom. The molecule has 1 fully saturated rings. The highest BCUT2D eigenvalue weighted by atomic mass is 35.5. The number of nitrogens with zero attached hydrogens (tertiary/aromatic N) is 2. The van der Waals surface area contributed by atoms with Crippen LogP contribution >= 0.6 is 23.4 Å². The van der Waals surface area contributed by atoms with E-state index in [0.717, 1.165) is 36.8 Å². The summed E-state index contributed by atoms with van der Waals surface area (Å²) in [6.45, 7) is 0.303. The lowest BCUT2D eigenvalue weighted by molar-refractivity contribution is -0.134. The standard InChI is InChI=1S/C29H30ClF2N3O2S/c1-33-20-7-9-21(10-8-20)35(29(36)28-27(30)26-22(31)4-3-5-24(26)38-28)16-19-14-17(6-11-23(19)37-2)18-12-13-34-25(32)15-18/h3-6,11-15,20-21,27-28,33H,7-10,16H2,1-2H3. The molecular weight excluding hydrogens is 528 g/mol. The minimum Gasteiger partial charge on any atom is -0.496 e. The molecule has 1 aliphatic heterocycles. The van der Waals surface area contributed by atoms with Crippen molar-refractivity contribution in [2.24, 2.45) is 0 Å². The van der Waals surface area contributed by atoms with Crippen LogP contribution in [0.25, 0.3) is 11.1 Å². The molecule has 1 aromatic heterocycles. The van der Waals surface area contributed by atoms with Gasteiger partial charge in [0, 0.05) is 46.9 Å². The Labute approximate surface area is 230 Å². The van der Waals surface area contributed by atoms with Crippen molar-refractivity contribution in [1.29, 1.82) is 0 Å². The lowest BCUT2D eigenvalue weighted by Gasteiger charge is -2.38. The van der Waals surface area contributed by atoms with E-state index in [0.29, 0.717) is 34.4 Å². The van der Waals surface area contributed by atoms with Crippen LogP contribution in [-0.4, -0.2) is 47.3 Å². The van der Waals surface area contributed by atoms with Crippen LogP contribution in [0.15, 0.2) is 59.6 Å². The molecule has 200 valence electrons. The Bertz CT molecular complexity index is 1320. The van der Waals surface area contributed by atoms with Crippen molar-refractivity contribution < 1.29 is 18.3 Å². The number of carbonyl (C=O) groups excluding carboxylic acids is 1. The maximum atomic E-state index is 14.6. The molecule has 2 aromatic carbocycles. The highest BCUT2D eigenvalue weighted by molar-refractivity contribution is 8.01. The number of alkyl halides is 1. The van der Waals surface area contributed by atoms with Crippen LogP contribution in [0.1, 0.15) is 42.2 Å². The van der Waals surface area contributed by atoms with Crippen LogP contribution in [0.3, 0.4) is 0 Å². The highest BCUT2D eigenvalue weighted by Gasteiger charge is 2.43. The second-order valence-electron chi connectivity index (χ2n) is 9.75. The fourth-order valence-corrected chi connectivity index (χ4v) is 7.31. The summed E-state index contributed by atoms with van der Waals surface area (Å²) in [5.74, 6) is -0.414. The number of nitrogens with one attached hydrogen (secondary N) is 1. The maximum Gasteiger partial charge on any atom is 0.238 e. The zero-order chi connectivity index (χ0) is 26.8. The Balaban J connectivity index is 1.48. The molecule has 2 unspecified atom stereocenters. The van der Waals surface area contributed by atoms with Gasteiger partial charge in [-0.2, -0.15) is 4.39 Å². The lowest BCUT2D eigenvalue weighted by Crippen LogP contribution is -2.47. The second kappa shape index (κ2) is 11.6. The smallest absolute Gasteiger partial charge is 0.238 e. The number of benzene rings is 2. The number of methoxy groups -OCH3 is 1. The molecule has 2 atom stereocenters. The van der Waals surface area contributed by atoms with Crippen LogP contribution in [0.4, 0.5) is 8.78 Å². The number of halogens is 3. The number of pyridine rings is 1. The van der Waals surface area contributed by atoms with Crippen molar-refractivity contribution in [3.05, 3.63) is 77.6 Å². The van der Waals surface area contributed by atoms with Gasteiger partial charge in [0.1, 0.15) is 16.8 Å². The predicted octanol–water partition coefficient (Wildman–Crippen LogP) is 6.35. The molecule has 0 bridgehead atoms. The van der Waals surface area contributed by atoms with Crippen LogP contribution in [-0.2, 0) is 11.3 Å². The molecule has 0 spiro atoms. The molecule has 5 nitrogen and oxygen atoms in total. The summed E-state index contributed by atoms with van der Waals surface area (Å²) in [5.41, 5.74) is 2.69. The third kappa shape index (κ3) is 5.40. The van der Waals surface area contributed by atoms with E-state index < -0.39 is 16.6 Å². The Hall–Kier alpha value is -2.68. The van der Waals surface area contributed by atoms with Crippen LogP contribution in [0, 0.1) is 11.8 Å². The summed E-state index contributed by atoms with van der Waals surface area (Å²) < 4.78 is 34.1. The molecule has 3 aromatic rings. The van der Waals surface area contributed by atoms with Gasteiger partial charge in [0.25, 0.3) is 0 Å². The second-order valence-corrected chi connectivity index (χ2v) is 11.4. The summed E-state index contributed by atoms with van der Waals surface area (Å²) in [6, 6.07) is 14.0. The summed E-state index contributed by atoms with van der Waals surface area (Å²) in [4.78, 5) is 20.4. The van der Waals surface area contributed by atoms with E-state index in [4.69, 9.17) is 16.3 Å². The van der Waals surface area contributed by atoms with Gasteiger partial charge in [-0.1, -0.05) is 12.1 Å². The Morgan fingerprint density at radius 2 is 1.89 bits per heavy atom. The fourth-order valence-electron chi connectivity index (χ4n) is 5.48. The van der Waals surface area contributed by atoms with E-state index >= 15 is 0 Å². The number of rotatable bonds is 7. The Kier molecular flexibility index (Phi) is 8.21. The largest absolute Gasteiger partial charge is 0.496 e. The van der Waals surface area contributed by atoms with Gasteiger partial charge >= 0.3 is 0 Å². The number of thioether (sulfide) groups is 1. The van der Waals surface area contributed by atoms with E-state index in [-0.39, 0.29) is 17.8 Å². The lowest BCUT2D eigenvalue weighted by atomic mass is 9.89. The third-order valence-corrected chi connectivity index (χ3v) is 9.52. The van der Waals surface area contributed by atoms with Gasteiger partial charge in [0.05, 0.1) is 12.5 Å². The quantitative estimate of drug-likeness (QED) is 0.271. The monoisotopic (exact) mass is 557 g/mol. The van der Waals surface area contributed by atoms with Crippen molar-refractivity contribution >= 4 is 29.3 Å². The minimum absolute atomic E-state index is 0.0110. The molecule has 1 amide bonds. The fraction of sp³-hybridized carbons (Fsp3) is 0.379. The molecule has 0 saturated heterocycles. The first kappa shape index (κ1) is 26.9. The first-order valence-corrected chi connectivity index (χ1v) is 14.1. The average molecular weight is 558 g/mol. The van der Waals surface area contributed by atoms with E-state index in [9.17, 15) is 13.6 Å². The molecule has 1 N–H and O–H groups in total. The predicted molar refractivity (Wildman–Crippen MR) is 146 cm³/mol. The summed E-state index contributed by atoms with van der Waals surface area (Å²) >= 11 is 8.07. The third-order valence-electron chi connectivity index (χ3n) is 7.56. The topological polar surface area (TPSA) is 54.5 Å². The zero-order valence-electron chi connectivity index (χ0n) is 21.3. The van der Waals surface area contributed by atoms with Crippen molar-refractivity contribution in [1.82, 2.24) is 15.2 Å². The Morgan fingerprint density at radius 3 is 2.58 bits per heavy atom. The van der Waals surface area contributed by atoms with E-state index in [2.05, 4.69) is 10.3 Å². The number of ether oxygens (including phenoxy) is 1. The highest BCUT2D eigenvalue weighted by Crippen LogP contribution is 2.49. The molecule has 2 heterocycles. The van der Waals surface area contributed by atoms with Gasteiger partial charge in [0.15, 0.2) is 0 Å². The summed E-state index contributed by atoms with van der Waals surface area (Å²) in [6.07, 6.45) is 5.03. The molecular formula is C29H30ClF2N3O2S. The normalized spacial score (nSPS) is 22.7. The zero-order valence-corrected chi connectivity index (χ0v) is 22.9. The van der Waals surface area contributed by atoms with Gasteiger partial charge in [-0.3, -0.25) is 4.79 Å². The molecule has 38 heavy (non-hydrogen) atoms. The van der Waals surface area contributed by atoms with Crippen LogP contribution in [0.2, 0.25) is 0 Å². The molecule has 1 aliphatic carbocycles. The first-order valence-electron chi connectivity index (χ1n) is 12.7. The van der Waals surface area contributed by atoms with E-state index in [1.807, 2.05) is 36.2 Å². The van der Waals surface area contributed by atoms with Crippen molar-refractivity contribution in [2.75, 3.05) is 14.2 Å². The SMILES string of the molecule is CNC1CCC(N(Cc2cc(-c3ccnc(F)c3)ccc2OC)C(=O)C2Sc3cccc(F)c3C2Cl)CC1. The van der Waals surface area contributed by atoms with Gasteiger partial charge < -0.3 is 15.0 Å². The number of hydrogen-bond donors (Lipinski definition) is 1. The molecule has 1 saturated carbocycles. The van der Waals surface area contributed by atoms with Crippen LogP contribution in [0.5, 0.6) is 5.75 Å².